The Balaban J connectivity index is 1.76. The van der Waals surface area contributed by atoms with Crippen molar-refractivity contribution in [2.45, 2.75) is 25.3 Å². The molecule has 0 aromatic heterocycles. The van der Waals surface area contributed by atoms with Gasteiger partial charge in [-0.3, -0.25) is 4.79 Å². The van der Waals surface area contributed by atoms with Gasteiger partial charge in [-0.25, -0.2) is 8.42 Å². The number of anilines is 1. The van der Waals surface area contributed by atoms with Gasteiger partial charge in [0, 0.05) is 12.2 Å². The third kappa shape index (κ3) is 5.03. The van der Waals surface area contributed by atoms with Crippen LogP contribution in [0.3, 0.4) is 0 Å². The minimum Gasteiger partial charge on any atom is -0.480 e. The molecule has 0 aliphatic carbocycles. The Hall–Kier alpha value is -3.12. The number of aliphatic carboxylic acids is 1. The van der Waals surface area contributed by atoms with Crippen molar-refractivity contribution >= 4 is 21.5 Å². The van der Waals surface area contributed by atoms with E-state index in [4.69, 9.17) is 5.11 Å². The molecule has 0 saturated carbocycles. The van der Waals surface area contributed by atoms with E-state index in [9.17, 15) is 13.2 Å². The monoisotopic (exact) mass is 409 g/mol. The maximum Gasteiger partial charge on any atom is 0.319 e. The summed E-state index contributed by atoms with van der Waals surface area (Å²) < 4.78 is 24.0. The predicted octanol–water partition coefficient (Wildman–Crippen LogP) is 4.44. The average molecular weight is 410 g/mol. The van der Waals surface area contributed by atoms with Crippen LogP contribution in [0, 0.1) is 13.8 Å². The smallest absolute Gasteiger partial charge is 0.319 e. The molecule has 0 atom stereocenters. The first-order chi connectivity index (χ1) is 13.8. The summed E-state index contributed by atoms with van der Waals surface area (Å²) in [5.41, 5.74) is 6.64. The first-order valence-corrected chi connectivity index (χ1v) is 10.9. The SMILES string of the molecule is Cc1ccc(-c2ccccc2C)cc1CNc1ccc(S(=O)(=O)CC(=O)O)cc1. The normalized spacial score (nSPS) is 11.2. The first-order valence-electron chi connectivity index (χ1n) is 9.20. The van der Waals surface area contributed by atoms with E-state index in [0.717, 1.165) is 22.4 Å². The molecule has 2 N–H and O–H groups in total. The molecule has 0 amide bonds. The highest BCUT2D eigenvalue weighted by Gasteiger charge is 2.18. The largest absolute Gasteiger partial charge is 0.480 e. The Morgan fingerprint density at radius 3 is 2.28 bits per heavy atom. The van der Waals surface area contributed by atoms with Crippen LogP contribution in [0.25, 0.3) is 11.1 Å². The molecule has 3 aromatic carbocycles. The first kappa shape index (κ1) is 20.6. The van der Waals surface area contributed by atoms with Crippen LogP contribution in [0.4, 0.5) is 5.69 Å². The lowest BCUT2D eigenvalue weighted by Crippen LogP contribution is -2.15. The molecule has 0 radical (unpaired) electrons. The zero-order valence-corrected chi connectivity index (χ0v) is 17.2. The number of hydrogen-bond acceptors (Lipinski definition) is 4. The van der Waals surface area contributed by atoms with Gasteiger partial charge in [0.05, 0.1) is 4.90 Å². The molecule has 0 fully saturated rings. The molecule has 3 aromatic rings. The van der Waals surface area contributed by atoms with Crippen LogP contribution >= 0.6 is 0 Å². The van der Waals surface area contributed by atoms with Crippen molar-refractivity contribution in [1.82, 2.24) is 0 Å². The van der Waals surface area contributed by atoms with Crippen molar-refractivity contribution in [3.8, 4) is 11.1 Å². The molecular formula is C23H23NO4S. The maximum absolute atomic E-state index is 12.0. The molecule has 0 aliphatic rings. The van der Waals surface area contributed by atoms with Gasteiger partial charge in [0.25, 0.3) is 0 Å². The van der Waals surface area contributed by atoms with Gasteiger partial charge < -0.3 is 10.4 Å². The number of benzene rings is 3. The van der Waals surface area contributed by atoms with Gasteiger partial charge in [0.15, 0.2) is 15.6 Å². The van der Waals surface area contributed by atoms with Gasteiger partial charge >= 0.3 is 5.97 Å². The van der Waals surface area contributed by atoms with E-state index in [1.807, 2.05) is 12.1 Å². The number of carboxylic acid groups (broad SMARTS) is 1. The van der Waals surface area contributed by atoms with Gasteiger partial charge in [-0.1, -0.05) is 36.4 Å². The minimum absolute atomic E-state index is 0.00295. The quantitative estimate of drug-likeness (QED) is 0.603. The Labute approximate surface area is 171 Å². The molecular weight excluding hydrogens is 386 g/mol. The number of sulfone groups is 1. The van der Waals surface area contributed by atoms with Crippen LogP contribution in [0.5, 0.6) is 0 Å². The Kier molecular flexibility index (Phi) is 6.03. The molecule has 29 heavy (non-hydrogen) atoms. The second-order valence-corrected chi connectivity index (χ2v) is 8.98. The van der Waals surface area contributed by atoms with E-state index in [1.54, 1.807) is 12.1 Å². The molecule has 3 rings (SSSR count). The summed E-state index contributed by atoms with van der Waals surface area (Å²) in [7, 11) is -3.82. The van der Waals surface area contributed by atoms with Crippen molar-refractivity contribution in [1.29, 1.82) is 0 Å². The third-order valence-corrected chi connectivity index (χ3v) is 6.43. The van der Waals surface area contributed by atoms with Crippen molar-refractivity contribution in [3.63, 3.8) is 0 Å². The summed E-state index contributed by atoms with van der Waals surface area (Å²) in [6.07, 6.45) is 0. The minimum atomic E-state index is -3.82. The van der Waals surface area contributed by atoms with E-state index in [0.29, 0.717) is 6.54 Å². The van der Waals surface area contributed by atoms with Crippen LogP contribution in [0.15, 0.2) is 71.6 Å². The molecule has 0 spiro atoms. The Morgan fingerprint density at radius 1 is 0.931 bits per heavy atom. The van der Waals surface area contributed by atoms with Crippen LogP contribution in [0.2, 0.25) is 0 Å². The number of carbonyl (C=O) groups is 1. The Morgan fingerprint density at radius 2 is 1.62 bits per heavy atom. The summed E-state index contributed by atoms with van der Waals surface area (Å²) in [6, 6.07) is 20.8. The second-order valence-electron chi connectivity index (χ2n) is 6.99. The number of carboxylic acids is 1. The lowest BCUT2D eigenvalue weighted by Gasteiger charge is -2.13. The van der Waals surface area contributed by atoms with Gasteiger partial charge in [0.1, 0.15) is 0 Å². The van der Waals surface area contributed by atoms with E-state index in [2.05, 4.69) is 49.5 Å². The third-order valence-electron chi connectivity index (χ3n) is 4.82. The lowest BCUT2D eigenvalue weighted by molar-refractivity contribution is -0.134. The van der Waals surface area contributed by atoms with E-state index < -0.39 is 21.6 Å². The van der Waals surface area contributed by atoms with Gasteiger partial charge in [-0.05, 0) is 72.0 Å². The van der Waals surface area contributed by atoms with E-state index in [1.165, 1.54) is 23.3 Å². The summed E-state index contributed by atoms with van der Waals surface area (Å²) in [6.45, 7) is 4.74. The zero-order valence-electron chi connectivity index (χ0n) is 16.3. The molecule has 0 saturated heterocycles. The molecule has 0 unspecified atom stereocenters. The number of nitrogens with one attached hydrogen (secondary N) is 1. The molecule has 5 nitrogen and oxygen atoms in total. The summed E-state index contributed by atoms with van der Waals surface area (Å²) >= 11 is 0. The number of hydrogen-bond donors (Lipinski definition) is 2. The summed E-state index contributed by atoms with van der Waals surface area (Å²) in [4.78, 5) is 10.7. The van der Waals surface area contributed by atoms with Gasteiger partial charge in [0.2, 0.25) is 0 Å². The highest BCUT2D eigenvalue weighted by Crippen LogP contribution is 2.26. The van der Waals surface area contributed by atoms with Gasteiger partial charge in [-0.2, -0.15) is 0 Å². The van der Waals surface area contributed by atoms with Crippen molar-refractivity contribution < 1.29 is 18.3 Å². The molecule has 6 heteroatoms. The van der Waals surface area contributed by atoms with Gasteiger partial charge in [-0.15, -0.1) is 0 Å². The predicted molar refractivity (Wildman–Crippen MR) is 115 cm³/mol. The second kappa shape index (κ2) is 8.49. The van der Waals surface area contributed by atoms with Crippen LogP contribution < -0.4 is 5.32 Å². The fourth-order valence-corrected chi connectivity index (χ4v) is 4.19. The highest BCUT2D eigenvalue weighted by molar-refractivity contribution is 7.92. The molecule has 150 valence electrons. The zero-order chi connectivity index (χ0) is 21.0. The molecule has 0 heterocycles. The number of rotatable bonds is 7. The van der Waals surface area contributed by atoms with Crippen LogP contribution in [0.1, 0.15) is 16.7 Å². The van der Waals surface area contributed by atoms with Crippen molar-refractivity contribution in [2.75, 3.05) is 11.1 Å². The summed E-state index contributed by atoms with van der Waals surface area (Å²) in [5.74, 6) is -2.28. The summed E-state index contributed by atoms with van der Waals surface area (Å²) in [5, 5.41) is 12.0. The topological polar surface area (TPSA) is 83.5 Å². The van der Waals surface area contributed by atoms with E-state index >= 15 is 0 Å². The van der Waals surface area contributed by atoms with Crippen molar-refractivity contribution in [2.24, 2.45) is 0 Å². The number of aryl methyl sites for hydroxylation is 2. The maximum atomic E-state index is 12.0. The Bertz CT molecular complexity index is 1140. The lowest BCUT2D eigenvalue weighted by atomic mass is 9.96. The fourth-order valence-electron chi connectivity index (χ4n) is 3.15. The van der Waals surface area contributed by atoms with Crippen molar-refractivity contribution in [3.05, 3.63) is 83.4 Å². The van der Waals surface area contributed by atoms with Crippen LogP contribution in [-0.2, 0) is 21.2 Å². The van der Waals surface area contributed by atoms with Crippen LogP contribution in [-0.4, -0.2) is 25.2 Å². The molecule has 0 bridgehead atoms. The average Bonchev–Trinajstić information content (AvgIpc) is 2.67. The molecule has 0 aliphatic heterocycles. The van der Waals surface area contributed by atoms with E-state index in [-0.39, 0.29) is 4.90 Å². The highest BCUT2D eigenvalue weighted by atomic mass is 32.2. The fraction of sp³-hybridized carbons (Fsp3) is 0.174. The standard InChI is InChI=1S/C23H23NO4S/c1-16-7-8-18(22-6-4-3-5-17(22)2)13-19(16)14-24-20-9-11-21(12-10-20)29(27,28)15-23(25)26/h3-13,24H,14-15H2,1-2H3,(H,25,26).